The fourth-order valence-electron chi connectivity index (χ4n) is 1.58. The van der Waals surface area contributed by atoms with Gasteiger partial charge in [-0.25, -0.2) is 0 Å². The number of hydrogen-bond acceptors (Lipinski definition) is 3. The lowest BCUT2D eigenvalue weighted by Gasteiger charge is -2.10. The second kappa shape index (κ2) is 5.00. The molecule has 6 heteroatoms. The highest BCUT2D eigenvalue weighted by Gasteiger charge is 2.07. The van der Waals surface area contributed by atoms with Crippen LogP contribution in [-0.2, 0) is 16.3 Å². The highest BCUT2D eigenvalue weighted by atomic mass is 35.5. The van der Waals surface area contributed by atoms with Gasteiger partial charge in [0.05, 0.1) is 15.6 Å². The third kappa shape index (κ3) is 2.49. The van der Waals surface area contributed by atoms with Crippen molar-refractivity contribution in [1.29, 1.82) is 0 Å². The molecule has 0 saturated carbocycles. The molecule has 18 heavy (non-hydrogen) atoms. The minimum absolute atomic E-state index is 0.149. The van der Waals surface area contributed by atoms with Gasteiger partial charge in [0.1, 0.15) is 0 Å². The van der Waals surface area contributed by atoms with Crippen LogP contribution < -0.4 is 5.56 Å². The molecule has 1 aromatic heterocycles. The molecule has 0 saturated heterocycles. The third-order valence-electron chi connectivity index (χ3n) is 2.43. The summed E-state index contributed by atoms with van der Waals surface area (Å²) in [6.45, 7) is 1.13. The normalized spacial score (nSPS) is 10.6. The van der Waals surface area contributed by atoms with Crippen molar-refractivity contribution in [1.82, 2.24) is 4.57 Å². The number of ether oxygens (including phenoxy) is 1. The lowest BCUT2D eigenvalue weighted by atomic mass is 10.2. The van der Waals surface area contributed by atoms with Crippen LogP contribution >= 0.6 is 23.2 Å². The van der Waals surface area contributed by atoms with E-state index in [-0.39, 0.29) is 12.3 Å². The van der Waals surface area contributed by atoms with Gasteiger partial charge in [-0.15, -0.1) is 0 Å². The Balaban J connectivity index is 2.62. The molecule has 2 rings (SSSR count). The fraction of sp³-hybridized carbons (Fsp3) is 0.167. The number of halogens is 2. The van der Waals surface area contributed by atoms with Crippen LogP contribution in [0.25, 0.3) is 10.9 Å². The molecule has 0 radical (unpaired) electrons. The van der Waals surface area contributed by atoms with Crippen molar-refractivity contribution >= 4 is 40.1 Å². The monoisotopic (exact) mass is 285 g/mol. The molecule has 0 atom stereocenters. The molecular weight excluding hydrogens is 277 g/mol. The molecule has 4 nitrogen and oxygen atoms in total. The van der Waals surface area contributed by atoms with Crippen LogP contribution in [0.15, 0.2) is 29.1 Å². The number of nitrogens with zero attached hydrogens (tertiary/aromatic N) is 1. The van der Waals surface area contributed by atoms with Gasteiger partial charge in [0, 0.05) is 18.4 Å². The molecule has 1 heterocycles. The van der Waals surface area contributed by atoms with Gasteiger partial charge in [0.25, 0.3) is 5.56 Å². The number of hydrogen-bond donors (Lipinski definition) is 0. The van der Waals surface area contributed by atoms with E-state index in [1.54, 1.807) is 18.2 Å². The van der Waals surface area contributed by atoms with Crippen LogP contribution in [0.1, 0.15) is 6.92 Å². The maximum absolute atomic E-state index is 11.7. The average Bonchev–Trinajstić information content (AvgIpc) is 2.30. The first kappa shape index (κ1) is 12.9. The van der Waals surface area contributed by atoms with Crippen molar-refractivity contribution in [2.45, 2.75) is 13.7 Å². The molecular formula is C12H9Cl2NO3. The van der Waals surface area contributed by atoms with Gasteiger partial charge in [-0.05, 0) is 18.2 Å². The number of rotatable bonds is 2. The Morgan fingerprint density at radius 2 is 1.94 bits per heavy atom. The molecule has 94 valence electrons. The van der Waals surface area contributed by atoms with Gasteiger partial charge in [0.15, 0.2) is 6.73 Å². The van der Waals surface area contributed by atoms with Crippen molar-refractivity contribution in [2.75, 3.05) is 0 Å². The highest BCUT2D eigenvalue weighted by Crippen LogP contribution is 2.27. The zero-order valence-corrected chi connectivity index (χ0v) is 11.0. The zero-order chi connectivity index (χ0) is 13.3. The Morgan fingerprint density at radius 3 is 2.61 bits per heavy atom. The minimum atomic E-state index is -0.459. The summed E-state index contributed by atoms with van der Waals surface area (Å²) in [7, 11) is 0. The maximum Gasteiger partial charge on any atom is 0.304 e. The van der Waals surface area contributed by atoms with E-state index < -0.39 is 5.97 Å². The highest BCUT2D eigenvalue weighted by molar-refractivity contribution is 6.42. The van der Waals surface area contributed by atoms with Crippen molar-refractivity contribution < 1.29 is 9.53 Å². The Kier molecular flexibility index (Phi) is 3.59. The van der Waals surface area contributed by atoms with Gasteiger partial charge in [-0.2, -0.15) is 0 Å². The summed E-state index contributed by atoms with van der Waals surface area (Å²) in [6.07, 6.45) is 0. The lowest BCUT2D eigenvalue weighted by Crippen LogP contribution is -2.21. The number of esters is 1. The largest absolute Gasteiger partial charge is 0.444 e. The molecule has 0 unspecified atom stereocenters. The molecule has 0 aliphatic heterocycles. The maximum atomic E-state index is 11.7. The van der Waals surface area contributed by atoms with E-state index in [1.807, 2.05) is 0 Å². The van der Waals surface area contributed by atoms with E-state index in [2.05, 4.69) is 0 Å². The van der Waals surface area contributed by atoms with E-state index in [0.717, 1.165) is 5.39 Å². The zero-order valence-electron chi connectivity index (χ0n) is 9.44. The first-order valence-corrected chi connectivity index (χ1v) is 5.86. The number of pyridine rings is 1. The summed E-state index contributed by atoms with van der Waals surface area (Å²) >= 11 is 11.8. The molecule has 0 aliphatic carbocycles. The predicted octanol–water partition coefficient (Wildman–Crippen LogP) is 2.83. The van der Waals surface area contributed by atoms with Crippen molar-refractivity contribution in [3.63, 3.8) is 0 Å². The minimum Gasteiger partial charge on any atom is -0.444 e. The van der Waals surface area contributed by atoms with Gasteiger partial charge in [0.2, 0.25) is 0 Å². The molecule has 0 amide bonds. The van der Waals surface area contributed by atoms with Gasteiger partial charge in [-0.3, -0.25) is 14.2 Å². The van der Waals surface area contributed by atoms with Gasteiger partial charge in [-0.1, -0.05) is 23.2 Å². The average molecular weight is 286 g/mol. The number of carbonyl (C=O) groups is 1. The Hall–Kier alpha value is -1.52. The Bertz CT molecular complexity index is 679. The summed E-state index contributed by atoms with van der Waals surface area (Å²) in [6, 6.07) is 6.26. The van der Waals surface area contributed by atoms with Crippen LogP contribution in [0.3, 0.4) is 0 Å². The molecule has 0 N–H and O–H groups in total. The van der Waals surface area contributed by atoms with Crippen LogP contribution in [0.4, 0.5) is 0 Å². The van der Waals surface area contributed by atoms with Crippen molar-refractivity contribution in [3.05, 3.63) is 44.7 Å². The third-order valence-corrected chi connectivity index (χ3v) is 3.15. The summed E-state index contributed by atoms with van der Waals surface area (Å²) in [5, 5.41) is 1.49. The number of fused-ring (bicyclic) bond motifs is 1. The summed E-state index contributed by atoms with van der Waals surface area (Å²) in [4.78, 5) is 22.5. The summed E-state index contributed by atoms with van der Waals surface area (Å²) in [5.74, 6) is -0.459. The SMILES string of the molecule is CC(=O)OCn1c(=O)ccc2cc(Cl)c(Cl)cc21. The second-order valence-corrected chi connectivity index (χ2v) is 4.50. The Labute approximate surface area is 113 Å². The Morgan fingerprint density at radius 1 is 1.28 bits per heavy atom. The van der Waals surface area contributed by atoms with E-state index >= 15 is 0 Å². The van der Waals surface area contributed by atoms with Crippen LogP contribution in [-0.4, -0.2) is 10.5 Å². The van der Waals surface area contributed by atoms with Gasteiger partial charge >= 0.3 is 5.97 Å². The first-order valence-electron chi connectivity index (χ1n) is 5.11. The standard InChI is InChI=1S/C12H9Cl2NO3/c1-7(16)18-6-15-11-5-10(14)9(13)4-8(11)2-3-12(15)17/h2-5H,6H2,1H3. The quantitative estimate of drug-likeness (QED) is 0.797. The van der Waals surface area contributed by atoms with Crippen LogP contribution in [0, 0.1) is 0 Å². The van der Waals surface area contributed by atoms with Gasteiger partial charge < -0.3 is 4.74 Å². The topological polar surface area (TPSA) is 48.3 Å². The number of benzene rings is 1. The van der Waals surface area contributed by atoms with E-state index in [0.29, 0.717) is 15.6 Å². The number of aromatic nitrogens is 1. The molecule has 2 aromatic rings. The molecule has 0 fully saturated rings. The molecule has 0 aliphatic rings. The van der Waals surface area contributed by atoms with Crippen LogP contribution in [0.5, 0.6) is 0 Å². The predicted molar refractivity (Wildman–Crippen MR) is 70.0 cm³/mol. The van der Waals surface area contributed by atoms with E-state index in [1.165, 1.54) is 17.6 Å². The van der Waals surface area contributed by atoms with E-state index in [4.69, 9.17) is 27.9 Å². The van der Waals surface area contributed by atoms with Crippen molar-refractivity contribution in [2.24, 2.45) is 0 Å². The summed E-state index contributed by atoms with van der Waals surface area (Å²) < 4.78 is 6.15. The molecule has 0 spiro atoms. The second-order valence-electron chi connectivity index (χ2n) is 3.69. The fourth-order valence-corrected chi connectivity index (χ4v) is 1.91. The molecule has 1 aromatic carbocycles. The van der Waals surface area contributed by atoms with Crippen molar-refractivity contribution in [3.8, 4) is 0 Å². The smallest absolute Gasteiger partial charge is 0.304 e. The van der Waals surface area contributed by atoms with E-state index in [9.17, 15) is 9.59 Å². The first-order chi connectivity index (χ1) is 8.49. The lowest BCUT2D eigenvalue weighted by molar-refractivity contribution is -0.144. The number of carbonyl (C=O) groups excluding carboxylic acids is 1. The summed E-state index contributed by atoms with van der Waals surface area (Å²) in [5.41, 5.74) is 0.292. The van der Waals surface area contributed by atoms with Crippen LogP contribution in [0.2, 0.25) is 10.0 Å². The molecule has 0 bridgehead atoms.